The van der Waals surface area contributed by atoms with Crippen LogP contribution in [0.5, 0.6) is 0 Å². The van der Waals surface area contributed by atoms with Gasteiger partial charge in [-0.2, -0.15) is 8.42 Å². The van der Waals surface area contributed by atoms with Crippen LogP contribution in [-0.2, 0) is 19.3 Å². The third-order valence-electron chi connectivity index (χ3n) is 2.91. The van der Waals surface area contributed by atoms with Gasteiger partial charge in [0.1, 0.15) is 0 Å². The van der Waals surface area contributed by atoms with Crippen molar-refractivity contribution >= 4 is 21.8 Å². The van der Waals surface area contributed by atoms with Gasteiger partial charge in [0, 0.05) is 13.3 Å². The molecule has 21 heavy (non-hydrogen) atoms. The number of allylic oxidation sites excluding steroid dienone is 2. The first-order chi connectivity index (χ1) is 9.80. The zero-order valence-electron chi connectivity index (χ0n) is 11.4. The molecule has 6 nitrogen and oxygen atoms in total. The van der Waals surface area contributed by atoms with E-state index in [0.29, 0.717) is 0 Å². The molecule has 7 heteroatoms. The number of amides is 1. The summed E-state index contributed by atoms with van der Waals surface area (Å²) in [7, 11) is -4.23. The van der Waals surface area contributed by atoms with Crippen molar-refractivity contribution in [2.45, 2.75) is 19.1 Å². The summed E-state index contributed by atoms with van der Waals surface area (Å²) in [5, 5.41) is 7.46. The van der Waals surface area contributed by atoms with Gasteiger partial charge in [-0.05, 0) is 17.2 Å². The van der Waals surface area contributed by atoms with E-state index in [9.17, 15) is 13.2 Å². The zero-order chi connectivity index (χ0) is 15.5. The average molecular weight is 308 g/mol. The lowest BCUT2D eigenvalue weighted by Crippen LogP contribution is -2.51. The maximum atomic E-state index is 11.4. The maximum Gasteiger partial charge on any atom is 0.335 e. The van der Waals surface area contributed by atoms with Crippen molar-refractivity contribution in [1.29, 1.82) is 0 Å². The van der Waals surface area contributed by atoms with Crippen LogP contribution in [-0.4, -0.2) is 20.0 Å². The van der Waals surface area contributed by atoms with Crippen LogP contribution >= 0.6 is 0 Å². The van der Waals surface area contributed by atoms with Gasteiger partial charge >= 0.3 is 10.3 Å². The lowest BCUT2D eigenvalue weighted by molar-refractivity contribution is -0.123. The molecule has 2 rings (SSSR count). The molecule has 0 aromatic heterocycles. The van der Waals surface area contributed by atoms with Gasteiger partial charge < -0.3 is 5.32 Å². The summed E-state index contributed by atoms with van der Waals surface area (Å²) in [6.07, 6.45) is 5.09. The summed E-state index contributed by atoms with van der Waals surface area (Å²) >= 11 is 0. The van der Waals surface area contributed by atoms with Gasteiger partial charge in [-0.3, -0.25) is 4.79 Å². The van der Waals surface area contributed by atoms with Crippen LogP contribution in [0.15, 0.2) is 48.6 Å². The minimum atomic E-state index is -4.23. The van der Waals surface area contributed by atoms with Gasteiger partial charge in [-0.25, -0.2) is 9.32 Å². The van der Waals surface area contributed by atoms with Crippen molar-refractivity contribution in [2.75, 3.05) is 0 Å². The molecule has 0 bridgehead atoms. The summed E-state index contributed by atoms with van der Waals surface area (Å²) in [6.45, 7) is 1.28. The molecule has 0 radical (unpaired) electrons. The van der Waals surface area contributed by atoms with Crippen molar-refractivity contribution < 1.29 is 17.4 Å². The van der Waals surface area contributed by atoms with E-state index in [1.807, 2.05) is 36.4 Å². The van der Waals surface area contributed by atoms with Crippen LogP contribution in [0.3, 0.4) is 0 Å². The predicted molar refractivity (Wildman–Crippen MR) is 78.9 cm³/mol. The van der Waals surface area contributed by atoms with Gasteiger partial charge in [-0.1, -0.05) is 42.5 Å². The van der Waals surface area contributed by atoms with Gasteiger partial charge in [0.15, 0.2) is 5.72 Å². The van der Waals surface area contributed by atoms with Gasteiger partial charge in [0.2, 0.25) is 5.91 Å². The molecule has 1 amide bonds. The molecule has 1 unspecified atom stereocenters. The second-order valence-corrected chi connectivity index (χ2v) is 5.89. The molecule has 1 aromatic carbocycles. The molecule has 1 aliphatic carbocycles. The van der Waals surface area contributed by atoms with Crippen LogP contribution in [0.1, 0.15) is 18.9 Å². The quantitative estimate of drug-likeness (QED) is 0.813. The Labute approximate surface area is 123 Å². The third-order valence-corrected chi connectivity index (χ3v) is 3.44. The summed E-state index contributed by atoms with van der Waals surface area (Å²) < 4.78 is 27.5. The van der Waals surface area contributed by atoms with Crippen molar-refractivity contribution in [2.24, 2.45) is 5.14 Å². The molecule has 0 saturated heterocycles. The van der Waals surface area contributed by atoms with E-state index in [-0.39, 0.29) is 6.42 Å². The molecule has 3 N–H and O–H groups in total. The van der Waals surface area contributed by atoms with E-state index >= 15 is 0 Å². The Morgan fingerprint density at radius 3 is 2.57 bits per heavy atom. The fourth-order valence-corrected chi connectivity index (χ4v) is 2.81. The lowest BCUT2D eigenvalue weighted by Gasteiger charge is -2.32. The highest BCUT2D eigenvalue weighted by molar-refractivity contribution is 7.84. The molecule has 112 valence electrons. The number of nitrogens with two attached hydrogens (primary N) is 1. The van der Waals surface area contributed by atoms with Crippen LogP contribution in [0, 0.1) is 0 Å². The Balaban J connectivity index is 2.34. The van der Waals surface area contributed by atoms with Crippen LogP contribution in [0.4, 0.5) is 0 Å². The largest absolute Gasteiger partial charge is 0.335 e. The SMILES string of the molecule is CC(=O)NC1(OS(N)(=O)=O)C=CC=C(c2ccccc2)C1. The number of benzene rings is 1. The highest BCUT2D eigenvalue weighted by atomic mass is 32.2. The Hall–Kier alpha value is -1.96. The maximum absolute atomic E-state index is 11.4. The minimum absolute atomic E-state index is 0.156. The fraction of sp³-hybridized carbons (Fsp3) is 0.214. The number of nitrogens with one attached hydrogen (secondary N) is 1. The Bertz CT molecular complexity index is 695. The van der Waals surface area contributed by atoms with Gasteiger partial charge in [0.05, 0.1) is 0 Å². The summed E-state index contributed by atoms with van der Waals surface area (Å²) in [4.78, 5) is 11.4. The Morgan fingerprint density at radius 2 is 2.00 bits per heavy atom. The molecule has 0 fully saturated rings. The standard InChI is InChI=1S/C14H16N2O4S/c1-11(17)16-14(20-21(15,18)19)9-5-8-13(10-14)12-6-3-2-4-7-12/h2-9H,10H2,1H3,(H,16,17)(H2,15,18,19). The molecule has 1 atom stereocenters. The normalized spacial score (nSPS) is 21.7. The molecule has 1 aromatic rings. The molecular formula is C14H16N2O4S. The number of carbonyl (C=O) groups excluding carboxylic acids is 1. The second-order valence-electron chi connectivity index (χ2n) is 4.74. The van der Waals surface area contributed by atoms with Crippen molar-refractivity contribution in [1.82, 2.24) is 5.32 Å². The number of carbonyl (C=O) groups is 1. The van der Waals surface area contributed by atoms with E-state index in [2.05, 4.69) is 5.32 Å². The van der Waals surface area contributed by atoms with Crippen LogP contribution in [0.2, 0.25) is 0 Å². The Kier molecular flexibility index (Phi) is 4.26. The molecule has 0 saturated carbocycles. The first kappa shape index (κ1) is 15.4. The summed E-state index contributed by atoms with van der Waals surface area (Å²) in [5.41, 5.74) is 0.240. The summed E-state index contributed by atoms with van der Waals surface area (Å²) in [5.74, 6) is -0.419. The number of hydrogen-bond acceptors (Lipinski definition) is 4. The minimum Gasteiger partial charge on any atom is -0.324 e. The second kappa shape index (κ2) is 5.80. The van der Waals surface area contributed by atoms with Crippen molar-refractivity contribution in [3.63, 3.8) is 0 Å². The fourth-order valence-electron chi connectivity index (χ4n) is 2.24. The molecule has 0 spiro atoms. The number of hydrogen-bond donors (Lipinski definition) is 2. The van der Waals surface area contributed by atoms with E-state index < -0.39 is 21.9 Å². The lowest BCUT2D eigenvalue weighted by atomic mass is 9.92. The molecule has 0 heterocycles. The predicted octanol–water partition coefficient (Wildman–Crippen LogP) is 1.08. The van der Waals surface area contributed by atoms with E-state index in [1.165, 1.54) is 13.0 Å². The van der Waals surface area contributed by atoms with E-state index in [1.54, 1.807) is 6.08 Å². The average Bonchev–Trinajstić information content (AvgIpc) is 2.36. The highest BCUT2D eigenvalue weighted by Gasteiger charge is 2.36. The molecule has 1 aliphatic rings. The molecular weight excluding hydrogens is 292 g/mol. The molecule has 0 aliphatic heterocycles. The van der Waals surface area contributed by atoms with Crippen LogP contribution < -0.4 is 10.5 Å². The van der Waals surface area contributed by atoms with Crippen molar-refractivity contribution in [3.05, 3.63) is 54.1 Å². The van der Waals surface area contributed by atoms with E-state index in [4.69, 9.17) is 9.32 Å². The first-order valence-electron chi connectivity index (χ1n) is 6.26. The monoisotopic (exact) mass is 308 g/mol. The van der Waals surface area contributed by atoms with Crippen molar-refractivity contribution in [3.8, 4) is 0 Å². The smallest absolute Gasteiger partial charge is 0.324 e. The Morgan fingerprint density at radius 1 is 1.33 bits per heavy atom. The summed E-state index contributed by atoms with van der Waals surface area (Å²) in [6, 6.07) is 9.40. The topological polar surface area (TPSA) is 98.5 Å². The van der Waals surface area contributed by atoms with E-state index in [0.717, 1.165) is 11.1 Å². The third kappa shape index (κ3) is 4.25. The zero-order valence-corrected chi connectivity index (χ0v) is 12.3. The van der Waals surface area contributed by atoms with Gasteiger partial charge in [-0.15, -0.1) is 0 Å². The van der Waals surface area contributed by atoms with Crippen LogP contribution in [0.25, 0.3) is 5.57 Å². The first-order valence-corrected chi connectivity index (χ1v) is 7.73. The number of rotatable bonds is 4. The van der Waals surface area contributed by atoms with Gasteiger partial charge in [0.25, 0.3) is 0 Å². The highest BCUT2D eigenvalue weighted by Crippen LogP contribution is 2.31.